The molecule has 1 aromatic carbocycles. The Morgan fingerprint density at radius 1 is 1.27 bits per heavy atom. The molecule has 4 N–H and O–H groups in total. The monoisotopic (exact) mass is 355 g/mol. The Balaban J connectivity index is 1.54. The van der Waals surface area contributed by atoms with Crippen molar-refractivity contribution in [1.29, 1.82) is 0 Å². The zero-order valence-electron chi connectivity index (χ0n) is 15.1. The maximum absolute atomic E-state index is 10.8. The minimum absolute atomic E-state index is 0.0951. The molecule has 0 bridgehead atoms. The largest absolute Gasteiger partial charge is 0.392 e. The summed E-state index contributed by atoms with van der Waals surface area (Å²) in [5, 5.41) is 20.8. The Hall–Kier alpha value is -1.91. The van der Waals surface area contributed by atoms with Gasteiger partial charge in [-0.1, -0.05) is 54.1 Å². The summed E-state index contributed by atoms with van der Waals surface area (Å²) in [6.07, 6.45) is 10.3. The van der Waals surface area contributed by atoms with E-state index in [1.165, 1.54) is 5.57 Å². The molecule has 0 radical (unpaired) electrons. The molecular weight excluding hydrogens is 326 g/mol. The van der Waals surface area contributed by atoms with Crippen molar-refractivity contribution in [3.8, 4) is 0 Å². The zero-order chi connectivity index (χ0) is 18.5. The van der Waals surface area contributed by atoms with Crippen molar-refractivity contribution in [2.24, 2.45) is 23.5 Å². The lowest BCUT2D eigenvalue weighted by molar-refractivity contribution is -0.118. The highest BCUT2D eigenvalue weighted by Gasteiger charge is 2.43. The molecule has 1 aromatic rings. The lowest BCUT2D eigenvalue weighted by Crippen LogP contribution is -2.17. The fraction of sp³-hybridized carbons (Fsp3) is 0.500. The summed E-state index contributed by atoms with van der Waals surface area (Å²) in [4.78, 5) is 10.8. The van der Waals surface area contributed by atoms with Gasteiger partial charge in [-0.05, 0) is 49.5 Å². The number of aliphatic hydroxyl groups is 2. The van der Waals surface area contributed by atoms with E-state index in [4.69, 9.17) is 5.73 Å². The number of unbranched alkanes of at least 4 members (excludes halogenated alkanes) is 1. The van der Waals surface area contributed by atoms with Gasteiger partial charge in [0, 0.05) is 12.3 Å². The van der Waals surface area contributed by atoms with Crippen LogP contribution in [0, 0.1) is 17.8 Å². The smallest absolute Gasteiger partial charge is 0.217 e. The van der Waals surface area contributed by atoms with Crippen LogP contribution < -0.4 is 5.73 Å². The van der Waals surface area contributed by atoms with Gasteiger partial charge in [0.15, 0.2) is 0 Å². The molecule has 0 aliphatic heterocycles. The standard InChI is InChI=1S/C22H29NO3/c23-22(26)9-5-4-6-15-12-17-14-21(25)18(19(17)13-15)10-11-20(24)16-7-2-1-3-8-16/h1-3,7-8,10-12,17-21,24-25H,4-6,9,13-14H2,(H2,23,26)/b11-10+/t17-,18+,19-,20+,21+/m0/s1. The number of rotatable bonds is 8. The minimum atomic E-state index is -0.634. The van der Waals surface area contributed by atoms with Gasteiger partial charge in [-0.15, -0.1) is 0 Å². The summed E-state index contributed by atoms with van der Waals surface area (Å²) < 4.78 is 0. The number of hydrogen-bond donors (Lipinski definition) is 3. The van der Waals surface area contributed by atoms with Gasteiger partial charge in [0.05, 0.1) is 12.2 Å². The fourth-order valence-electron chi connectivity index (χ4n) is 4.44. The second kappa shape index (κ2) is 8.65. The predicted molar refractivity (Wildman–Crippen MR) is 102 cm³/mol. The maximum Gasteiger partial charge on any atom is 0.217 e. The molecule has 1 fully saturated rings. The van der Waals surface area contributed by atoms with E-state index in [9.17, 15) is 15.0 Å². The first-order valence-corrected chi connectivity index (χ1v) is 9.62. The van der Waals surface area contributed by atoms with Gasteiger partial charge < -0.3 is 15.9 Å². The van der Waals surface area contributed by atoms with Crippen LogP contribution in [0.4, 0.5) is 0 Å². The van der Waals surface area contributed by atoms with Crippen LogP contribution in [0.5, 0.6) is 0 Å². The molecule has 3 rings (SSSR count). The summed E-state index contributed by atoms with van der Waals surface area (Å²) in [6.45, 7) is 0. The number of benzene rings is 1. The summed E-state index contributed by atoms with van der Waals surface area (Å²) >= 11 is 0. The third-order valence-corrected chi connectivity index (χ3v) is 5.78. The van der Waals surface area contributed by atoms with Gasteiger partial charge in [-0.2, -0.15) is 0 Å². The average molecular weight is 355 g/mol. The zero-order valence-corrected chi connectivity index (χ0v) is 15.1. The van der Waals surface area contributed by atoms with Crippen LogP contribution in [-0.2, 0) is 4.79 Å². The van der Waals surface area contributed by atoms with E-state index in [-0.39, 0.29) is 17.9 Å². The van der Waals surface area contributed by atoms with Crippen molar-refractivity contribution < 1.29 is 15.0 Å². The van der Waals surface area contributed by atoms with Gasteiger partial charge in [0.25, 0.3) is 0 Å². The van der Waals surface area contributed by atoms with E-state index >= 15 is 0 Å². The Morgan fingerprint density at radius 2 is 2.04 bits per heavy atom. The Labute approximate surface area is 155 Å². The van der Waals surface area contributed by atoms with E-state index < -0.39 is 6.10 Å². The summed E-state index contributed by atoms with van der Waals surface area (Å²) in [7, 11) is 0. The average Bonchev–Trinajstić information content (AvgIpc) is 3.14. The summed E-state index contributed by atoms with van der Waals surface area (Å²) in [5.74, 6) is 0.723. The summed E-state index contributed by atoms with van der Waals surface area (Å²) in [6, 6.07) is 9.57. The number of allylic oxidation sites excluding steroid dienone is 2. The Kier molecular flexibility index (Phi) is 6.28. The van der Waals surface area contributed by atoms with Crippen LogP contribution in [0.3, 0.4) is 0 Å². The van der Waals surface area contributed by atoms with E-state index in [1.807, 2.05) is 42.5 Å². The van der Waals surface area contributed by atoms with Crippen molar-refractivity contribution in [3.05, 3.63) is 59.7 Å². The Morgan fingerprint density at radius 3 is 2.77 bits per heavy atom. The molecule has 2 aliphatic carbocycles. The third kappa shape index (κ3) is 4.63. The van der Waals surface area contributed by atoms with Gasteiger partial charge in [0.1, 0.15) is 0 Å². The van der Waals surface area contributed by atoms with Crippen molar-refractivity contribution in [3.63, 3.8) is 0 Å². The normalized spacial score (nSPS) is 28.9. The van der Waals surface area contributed by atoms with Crippen LogP contribution in [-0.4, -0.2) is 22.2 Å². The van der Waals surface area contributed by atoms with E-state index in [0.717, 1.165) is 37.7 Å². The highest BCUT2D eigenvalue weighted by atomic mass is 16.3. The number of hydrogen-bond acceptors (Lipinski definition) is 3. The molecule has 1 amide bonds. The first kappa shape index (κ1) is 18.9. The Bertz CT molecular complexity index is 667. The number of fused-ring (bicyclic) bond motifs is 1. The lowest BCUT2D eigenvalue weighted by Gasteiger charge is -2.19. The first-order valence-electron chi connectivity index (χ1n) is 9.62. The summed E-state index contributed by atoms with van der Waals surface area (Å²) in [5.41, 5.74) is 7.50. The van der Waals surface area contributed by atoms with Crippen molar-refractivity contribution in [1.82, 2.24) is 0 Å². The van der Waals surface area contributed by atoms with Gasteiger partial charge in [-0.3, -0.25) is 4.79 Å². The second-order valence-electron chi connectivity index (χ2n) is 7.65. The molecule has 4 heteroatoms. The van der Waals surface area contributed by atoms with Crippen LogP contribution >= 0.6 is 0 Å². The number of carbonyl (C=O) groups excluding carboxylic acids is 1. The fourth-order valence-corrected chi connectivity index (χ4v) is 4.44. The molecule has 0 spiro atoms. The first-order chi connectivity index (χ1) is 12.5. The second-order valence-corrected chi connectivity index (χ2v) is 7.65. The number of nitrogens with two attached hydrogens (primary N) is 1. The van der Waals surface area contributed by atoms with Crippen molar-refractivity contribution >= 4 is 5.91 Å². The van der Waals surface area contributed by atoms with Crippen molar-refractivity contribution in [2.45, 2.75) is 50.7 Å². The van der Waals surface area contributed by atoms with Crippen LogP contribution in [0.25, 0.3) is 0 Å². The molecule has 0 unspecified atom stereocenters. The quantitative estimate of drug-likeness (QED) is 0.494. The lowest BCUT2D eigenvalue weighted by atomic mass is 9.88. The molecule has 0 saturated heterocycles. The van der Waals surface area contributed by atoms with Crippen LogP contribution in [0.1, 0.15) is 50.2 Å². The van der Waals surface area contributed by atoms with Crippen molar-refractivity contribution in [2.75, 3.05) is 0 Å². The molecular formula is C22H29NO3. The van der Waals surface area contributed by atoms with Gasteiger partial charge in [-0.25, -0.2) is 0 Å². The molecule has 26 heavy (non-hydrogen) atoms. The number of aliphatic hydroxyl groups excluding tert-OH is 2. The predicted octanol–water partition coefficient (Wildman–Crippen LogP) is 3.27. The van der Waals surface area contributed by atoms with E-state index in [0.29, 0.717) is 18.3 Å². The molecule has 4 nitrogen and oxygen atoms in total. The molecule has 0 aromatic heterocycles. The topological polar surface area (TPSA) is 83.6 Å². The van der Waals surface area contributed by atoms with Crippen LogP contribution in [0.15, 0.2) is 54.1 Å². The highest BCUT2D eigenvalue weighted by Crippen LogP contribution is 2.48. The number of amides is 1. The minimum Gasteiger partial charge on any atom is -0.392 e. The van der Waals surface area contributed by atoms with E-state index in [1.54, 1.807) is 0 Å². The third-order valence-electron chi connectivity index (χ3n) is 5.78. The van der Waals surface area contributed by atoms with Gasteiger partial charge in [0.2, 0.25) is 5.91 Å². The molecule has 0 heterocycles. The number of primary amides is 1. The van der Waals surface area contributed by atoms with Crippen LogP contribution in [0.2, 0.25) is 0 Å². The van der Waals surface area contributed by atoms with Gasteiger partial charge >= 0.3 is 0 Å². The van der Waals surface area contributed by atoms with E-state index in [2.05, 4.69) is 6.08 Å². The maximum atomic E-state index is 10.8. The molecule has 140 valence electrons. The highest BCUT2D eigenvalue weighted by molar-refractivity contribution is 5.73. The SMILES string of the molecule is NC(=O)CCCCC1=C[C@H]2C[C@@H](O)[C@H](/C=C/[C@@H](O)c3ccccc3)[C@H]2C1. The molecule has 1 saturated carbocycles. The number of carbonyl (C=O) groups is 1. The molecule has 2 aliphatic rings. The molecule has 5 atom stereocenters.